The summed E-state index contributed by atoms with van der Waals surface area (Å²) in [5.41, 5.74) is 0. The number of unbranched alkanes of at least 4 members (excludes halogenated alkanes) is 15. The van der Waals surface area contributed by atoms with Crippen LogP contribution in [0, 0.1) is 0 Å². The highest BCUT2D eigenvalue weighted by molar-refractivity contribution is 14.0. The van der Waals surface area contributed by atoms with Gasteiger partial charge in [0.1, 0.15) is 0 Å². The molecule has 1 atom stereocenters. The maximum atomic E-state index is 3.19. The molecule has 3 heteroatoms. The Bertz CT molecular complexity index is 243. The monoisotopic (exact) mass is 545 g/mol. The van der Waals surface area contributed by atoms with Crippen molar-refractivity contribution in [3.63, 3.8) is 0 Å². The minimum absolute atomic E-state index is 0. The van der Waals surface area contributed by atoms with Gasteiger partial charge in [-0.2, -0.15) is 0 Å². The fourth-order valence-electron chi connectivity index (χ4n) is 4.29. The van der Waals surface area contributed by atoms with Crippen molar-refractivity contribution in [2.75, 3.05) is 24.4 Å². The van der Waals surface area contributed by atoms with Gasteiger partial charge in [-0.05, 0) is 38.5 Å². The largest absolute Gasteiger partial charge is 0.107 e. The zero-order chi connectivity index (χ0) is 20.1. The Kier molecular flexibility index (Phi) is 28.2. The average molecular weight is 546 g/mol. The number of halogens is 1. The van der Waals surface area contributed by atoms with Gasteiger partial charge in [0.05, 0.1) is 24.4 Å². The fourth-order valence-corrected chi connectivity index (χ4v) is 9.84. The van der Waals surface area contributed by atoms with Gasteiger partial charge in [0.25, 0.3) is 0 Å². The number of hydrogen-bond acceptors (Lipinski definition) is 0. The van der Waals surface area contributed by atoms with E-state index in [-0.39, 0.29) is 24.0 Å². The van der Waals surface area contributed by atoms with Crippen molar-refractivity contribution in [3.8, 4) is 0 Å². The summed E-state index contributed by atoms with van der Waals surface area (Å²) < 4.78 is 0. The second kappa shape index (κ2) is 24.9. The molecule has 0 aromatic carbocycles. The van der Waals surface area contributed by atoms with Gasteiger partial charge in [-0.15, -0.1) is 24.0 Å². The van der Waals surface area contributed by atoms with Crippen molar-refractivity contribution in [1.29, 1.82) is 0 Å². The zero-order valence-electron chi connectivity index (χ0n) is 20.0. The van der Waals surface area contributed by atoms with Crippen LogP contribution >= 0.6 is 40.5 Å². The summed E-state index contributed by atoms with van der Waals surface area (Å²) in [5.74, 6) is 1.45. The van der Waals surface area contributed by atoms with E-state index in [0.717, 1.165) is 0 Å². The lowest BCUT2D eigenvalue weighted by molar-refractivity contribution is 0.616. The molecule has 0 saturated carbocycles. The van der Waals surface area contributed by atoms with Crippen LogP contribution < -0.4 is 0 Å². The lowest BCUT2D eigenvalue weighted by atomic mass is 10.1. The Morgan fingerprint density at radius 2 is 0.679 bits per heavy atom. The van der Waals surface area contributed by atoms with Gasteiger partial charge in [0.2, 0.25) is 0 Å². The summed E-state index contributed by atoms with van der Waals surface area (Å²) in [6.07, 6.45) is 31.2. The maximum Gasteiger partial charge on any atom is 0.0720 e. The van der Waals surface area contributed by atoms with Crippen molar-refractivity contribution in [2.45, 2.75) is 136 Å². The topological polar surface area (TPSA) is 0 Å². The van der Waals surface area contributed by atoms with Crippen molar-refractivity contribution < 1.29 is 0 Å². The molecule has 0 aromatic rings. The van der Waals surface area contributed by atoms with Crippen LogP contribution in [0.15, 0.2) is 0 Å². The van der Waals surface area contributed by atoms with E-state index >= 15 is 0 Å². The van der Waals surface area contributed by atoms with E-state index in [2.05, 4.69) is 30.0 Å². The third kappa shape index (κ3) is 19.5. The second-order valence-electron chi connectivity index (χ2n) is 9.00. The first-order chi connectivity index (χ1) is 13.2. The molecule has 172 valence electrons. The SMILES string of the molecule is CCCCCCCC[P+](CP)(CCCCCCCC)CCCCCCCC.I. The summed E-state index contributed by atoms with van der Waals surface area (Å²) in [4.78, 5) is 0. The lowest BCUT2D eigenvalue weighted by Gasteiger charge is -2.27. The van der Waals surface area contributed by atoms with Crippen molar-refractivity contribution in [3.05, 3.63) is 0 Å². The van der Waals surface area contributed by atoms with Gasteiger partial charge >= 0.3 is 0 Å². The van der Waals surface area contributed by atoms with Crippen LogP contribution in [0.4, 0.5) is 0 Å². The Morgan fingerprint density at radius 1 is 0.429 bits per heavy atom. The first-order valence-electron chi connectivity index (χ1n) is 12.8. The molecule has 0 fully saturated rings. The van der Waals surface area contributed by atoms with Crippen LogP contribution in [0.2, 0.25) is 0 Å². The van der Waals surface area contributed by atoms with Crippen molar-refractivity contribution >= 4 is 40.5 Å². The molecule has 0 saturated heterocycles. The van der Waals surface area contributed by atoms with E-state index in [1.54, 1.807) is 18.5 Å². The fraction of sp³-hybridized carbons (Fsp3) is 1.00. The zero-order valence-corrected chi connectivity index (χ0v) is 24.4. The summed E-state index contributed by atoms with van der Waals surface area (Å²) in [5, 5.41) is 0. The molecule has 28 heavy (non-hydrogen) atoms. The van der Waals surface area contributed by atoms with Crippen LogP contribution in [0.1, 0.15) is 136 Å². The molecule has 0 aliphatic heterocycles. The summed E-state index contributed by atoms with van der Waals surface area (Å²) in [7, 11) is 2.51. The smallest absolute Gasteiger partial charge is 0.0720 e. The summed E-state index contributed by atoms with van der Waals surface area (Å²) in [6.45, 7) is 6.98. The van der Waals surface area contributed by atoms with E-state index < -0.39 is 7.26 Å². The minimum atomic E-state index is -0.681. The highest BCUT2D eigenvalue weighted by atomic mass is 127. The molecule has 0 heterocycles. The van der Waals surface area contributed by atoms with Crippen LogP contribution in [0.3, 0.4) is 0 Å². The van der Waals surface area contributed by atoms with Gasteiger partial charge in [0.15, 0.2) is 0 Å². The standard InChI is InChI=1S/C25H55P2.HI/c1-4-7-10-13-16-19-22-27(25-26,23-20-17-14-11-8-5-2)24-21-18-15-12-9-6-3;/h4-26H2,1-3H3;1H/q+1;. The quantitative estimate of drug-likeness (QED) is 0.0721. The Hall–Kier alpha value is 1.59. The first-order valence-corrected chi connectivity index (χ1v) is 16.1. The summed E-state index contributed by atoms with van der Waals surface area (Å²) >= 11 is 0. The molecule has 0 N–H and O–H groups in total. The van der Waals surface area contributed by atoms with E-state index in [4.69, 9.17) is 0 Å². The van der Waals surface area contributed by atoms with Crippen LogP contribution in [-0.4, -0.2) is 24.4 Å². The molecule has 0 rings (SSSR count). The molecule has 0 aliphatic rings. The maximum absolute atomic E-state index is 3.19. The van der Waals surface area contributed by atoms with Crippen LogP contribution in [0.25, 0.3) is 0 Å². The highest BCUT2D eigenvalue weighted by Gasteiger charge is 2.33. The number of hydrogen-bond donors (Lipinski definition) is 0. The molecule has 0 radical (unpaired) electrons. The lowest BCUT2D eigenvalue weighted by Crippen LogP contribution is -2.10. The first kappa shape index (κ1) is 31.8. The second-order valence-corrected chi connectivity index (χ2v) is 14.5. The molecule has 0 amide bonds. The van der Waals surface area contributed by atoms with E-state index in [0.29, 0.717) is 0 Å². The van der Waals surface area contributed by atoms with Gasteiger partial charge < -0.3 is 0 Å². The van der Waals surface area contributed by atoms with E-state index in [1.165, 1.54) is 121 Å². The van der Waals surface area contributed by atoms with Crippen LogP contribution in [-0.2, 0) is 0 Å². The average Bonchev–Trinajstić information content (AvgIpc) is 2.69. The van der Waals surface area contributed by atoms with Gasteiger partial charge in [-0.25, -0.2) is 0 Å². The van der Waals surface area contributed by atoms with Crippen molar-refractivity contribution in [2.24, 2.45) is 0 Å². The number of rotatable bonds is 22. The van der Waals surface area contributed by atoms with Gasteiger partial charge in [-0.3, -0.25) is 0 Å². The van der Waals surface area contributed by atoms with Crippen LogP contribution in [0.5, 0.6) is 0 Å². The molecule has 0 spiro atoms. The molecular formula is C25H56IP2+. The van der Waals surface area contributed by atoms with E-state index in [1.807, 2.05) is 0 Å². The van der Waals surface area contributed by atoms with Crippen molar-refractivity contribution in [1.82, 2.24) is 0 Å². The predicted octanol–water partition coefficient (Wildman–Crippen LogP) is 10.5. The third-order valence-electron chi connectivity index (χ3n) is 6.35. The van der Waals surface area contributed by atoms with E-state index in [9.17, 15) is 0 Å². The Morgan fingerprint density at radius 3 is 0.929 bits per heavy atom. The van der Waals surface area contributed by atoms with Gasteiger partial charge in [0, 0.05) is 7.26 Å². The molecule has 0 aliphatic carbocycles. The molecule has 1 unspecified atom stereocenters. The molecule has 0 bridgehead atoms. The molecule has 0 aromatic heterocycles. The summed E-state index contributed by atoms with van der Waals surface area (Å²) in [6, 6.07) is 0. The Balaban J connectivity index is 0. The minimum Gasteiger partial charge on any atom is -0.107 e. The molecular weight excluding hydrogens is 489 g/mol. The predicted molar refractivity (Wildman–Crippen MR) is 152 cm³/mol. The Labute approximate surface area is 200 Å². The van der Waals surface area contributed by atoms with Gasteiger partial charge in [-0.1, -0.05) is 107 Å². The third-order valence-corrected chi connectivity index (χ3v) is 13.2. The normalized spacial score (nSPS) is 11.6. The highest BCUT2D eigenvalue weighted by Crippen LogP contribution is 2.62. The molecule has 0 nitrogen and oxygen atoms in total.